The first-order chi connectivity index (χ1) is 19.0. The van der Waals surface area contributed by atoms with Crippen LogP contribution in [-0.2, 0) is 30.5 Å². The van der Waals surface area contributed by atoms with Crippen LogP contribution >= 0.6 is 0 Å². The van der Waals surface area contributed by atoms with Crippen molar-refractivity contribution in [2.45, 2.75) is 52.8 Å². The fraction of sp³-hybridized carbons (Fsp3) is 0.367. The van der Waals surface area contributed by atoms with E-state index >= 15 is 0 Å². The highest BCUT2D eigenvalue weighted by Gasteiger charge is 2.24. The standard InChI is InChI=1S/C23H30N4O6.C7H8/c1-5-20(29)19(12-24-16(4)28)26-21(30)13-25-22(31)18(11-15(2)3)27-23(32)33-14-17-9-7-6-8-10-17;1-7-5-3-2-4-6-7/h1,6-10,15,18-19H,11-14H2,2-4H3,(H,24,28)(H,25,31)(H,26,30)(H,27,32);2-6H,1H3. The van der Waals surface area contributed by atoms with Gasteiger partial charge in [-0.15, -0.1) is 6.42 Å². The number of hydrogen-bond donors (Lipinski definition) is 4. The van der Waals surface area contributed by atoms with Crippen LogP contribution in [0.1, 0.15) is 38.3 Å². The third-order valence-electron chi connectivity index (χ3n) is 5.24. The summed E-state index contributed by atoms with van der Waals surface area (Å²) < 4.78 is 5.15. The van der Waals surface area contributed by atoms with Gasteiger partial charge in [-0.05, 0) is 30.7 Å². The summed E-state index contributed by atoms with van der Waals surface area (Å²) in [5, 5.41) is 9.70. The first-order valence-corrected chi connectivity index (χ1v) is 12.8. The highest BCUT2D eigenvalue weighted by molar-refractivity contribution is 6.02. The molecule has 0 aliphatic carbocycles. The Labute approximate surface area is 235 Å². The minimum Gasteiger partial charge on any atom is -0.445 e. The Hall–Kier alpha value is -4.65. The minimum atomic E-state index is -1.12. The average molecular weight is 551 g/mol. The average Bonchev–Trinajstić information content (AvgIpc) is 2.93. The number of carbonyl (C=O) groups is 5. The van der Waals surface area contributed by atoms with Crippen molar-refractivity contribution in [1.29, 1.82) is 0 Å². The second-order valence-corrected chi connectivity index (χ2v) is 9.33. The van der Waals surface area contributed by atoms with E-state index in [2.05, 4.69) is 40.3 Å². The molecule has 10 heteroatoms. The quantitative estimate of drug-likeness (QED) is 0.236. The zero-order valence-electron chi connectivity index (χ0n) is 23.4. The van der Waals surface area contributed by atoms with Gasteiger partial charge >= 0.3 is 6.09 Å². The number of nitrogens with one attached hydrogen (secondary N) is 4. The molecule has 0 bridgehead atoms. The van der Waals surface area contributed by atoms with Crippen LogP contribution in [0.3, 0.4) is 0 Å². The minimum absolute atomic E-state index is 0.0456. The lowest BCUT2D eigenvalue weighted by atomic mass is 10.0. The number of amides is 4. The molecule has 0 saturated carbocycles. The molecule has 4 N–H and O–H groups in total. The van der Waals surface area contributed by atoms with Gasteiger partial charge in [-0.1, -0.05) is 80.1 Å². The lowest BCUT2D eigenvalue weighted by Gasteiger charge is -2.20. The molecule has 10 nitrogen and oxygen atoms in total. The highest BCUT2D eigenvalue weighted by Crippen LogP contribution is 2.06. The Morgan fingerprint density at radius 3 is 1.98 bits per heavy atom. The normalized spacial score (nSPS) is 11.4. The molecule has 2 atom stereocenters. The van der Waals surface area contributed by atoms with E-state index in [-0.39, 0.29) is 19.1 Å². The molecular weight excluding hydrogens is 512 g/mol. The van der Waals surface area contributed by atoms with Gasteiger partial charge in [0.05, 0.1) is 6.54 Å². The Kier molecular flexibility index (Phi) is 15.5. The number of ether oxygens (including phenoxy) is 1. The Bertz CT molecular complexity index is 1150. The van der Waals surface area contributed by atoms with E-state index in [1.807, 2.05) is 56.2 Å². The first-order valence-electron chi connectivity index (χ1n) is 12.8. The second kappa shape index (κ2) is 18.6. The van der Waals surface area contributed by atoms with E-state index in [4.69, 9.17) is 11.2 Å². The first kappa shape index (κ1) is 33.4. The number of Topliss-reactive ketones (excluding diaryl/α,β-unsaturated/α-hetero) is 1. The maximum atomic E-state index is 12.6. The van der Waals surface area contributed by atoms with E-state index in [9.17, 15) is 24.0 Å². The van der Waals surface area contributed by atoms with Gasteiger partial charge in [0.25, 0.3) is 0 Å². The van der Waals surface area contributed by atoms with E-state index in [0.717, 1.165) is 5.56 Å². The van der Waals surface area contributed by atoms with Crippen LogP contribution in [0.25, 0.3) is 0 Å². The smallest absolute Gasteiger partial charge is 0.408 e. The van der Waals surface area contributed by atoms with Crippen LogP contribution in [0.2, 0.25) is 0 Å². The monoisotopic (exact) mass is 550 g/mol. The van der Waals surface area contributed by atoms with Crippen molar-refractivity contribution < 1.29 is 28.7 Å². The molecule has 214 valence electrons. The Morgan fingerprint density at radius 1 is 0.875 bits per heavy atom. The zero-order chi connectivity index (χ0) is 29.9. The van der Waals surface area contributed by atoms with E-state index < -0.39 is 48.2 Å². The van der Waals surface area contributed by atoms with Crippen molar-refractivity contribution in [3.05, 3.63) is 71.8 Å². The van der Waals surface area contributed by atoms with Crippen molar-refractivity contribution in [3.63, 3.8) is 0 Å². The van der Waals surface area contributed by atoms with Crippen molar-refractivity contribution >= 4 is 29.6 Å². The number of aryl methyl sites for hydroxylation is 1. The zero-order valence-corrected chi connectivity index (χ0v) is 23.4. The summed E-state index contributed by atoms with van der Waals surface area (Å²) in [5.74, 6) is -0.423. The molecule has 4 amide bonds. The molecule has 2 rings (SSSR count). The molecule has 0 heterocycles. The van der Waals surface area contributed by atoms with Crippen LogP contribution in [0.4, 0.5) is 4.79 Å². The third-order valence-corrected chi connectivity index (χ3v) is 5.24. The van der Waals surface area contributed by atoms with Gasteiger partial charge in [-0.3, -0.25) is 19.2 Å². The van der Waals surface area contributed by atoms with Crippen LogP contribution in [0.15, 0.2) is 60.7 Å². The molecule has 0 radical (unpaired) electrons. The van der Waals surface area contributed by atoms with E-state index in [1.54, 1.807) is 12.1 Å². The largest absolute Gasteiger partial charge is 0.445 e. The number of terminal acetylenes is 1. The number of rotatable bonds is 12. The van der Waals surface area contributed by atoms with Gasteiger partial charge in [-0.2, -0.15) is 0 Å². The molecule has 0 fully saturated rings. The maximum absolute atomic E-state index is 12.6. The van der Waals surface area contributed by atoms with Gasteiger partial charge in [0.15, 0.2) is 0 Å². The van der Waals surface area contributed by atoms with Crippen LogP contribution < -0.4 is 21.3 Å². The van der Waals surface area contributed by atoms with Gasteiger partial charge < -0.3 is 26.0 Å². The van der Waals surface area contributed by atoms with E-state index in [1.165, 1.54) is 12.5 Å². The summed E-state index contributed by atoms with van der Waals surface area (Å²) in [7, 11) is 0. The molecule has 0 spiro atoms. The maximum Gasteiger partial charge on any atom is 0.408 e. The van der Waals surface area contributed by atoms with Crippen molar-refractivity contribution in [1.82, 2.24) is 21.3 Å². The van der Waals surface area contributed by atoms with Crippen molar-refractivity contribution in [2.75, 3.05) is 13.1 Å². The Morgan fingerprint density at radius 2 is 1.48 bits per heavy atom. The molecule has 0 aromatic heterocycles. The molecule has 0 aliphatic rings. The fourth-order valence-corrected chi connectivity index (χ4v) is 3.24. The summed E-state index contributed by atoms with van der Waals surface area (Å²) in [6.45, 7) is 6.51. The summed E-state index contributed by atoms with van der Waals surface area (Å²) >= 11 is 0. The molecule has 2 aromatic rings. The molecule has 2 unspecified atom stereocenters. The van der Waals surface area contributed by atoms with E-state index in [0.29, 0.717) is 6.42 Å². The molecule has 0 saturated heterocycles. The predicted octanol–water partition coefficient (Wildman–Crippen LogP) is 2.26. The second-order valence-electron chi connectivity index (χ2n) is 9.33. The van der Waals surface area contributed by atoms with Crippen LogP contribution in [0.5, 0.6) is 0 Å². The number of carbonyl (C=O) groups excluding carboxylic acids is 5. The molecule has 2 aromatic carbocycles. The molecule has 0 aliphatic heterocycles. The van der Waals surface area contributed by atoms with Gasteiger partial charge in [-0.25, -0.2) is 4.79 Å². The van der Waals surface area contributed by atoms with Crippen LogP contribution in [0, 0.1) is 25.2 Å². The summed E-state index contributed by atoms with van der Waals surface area (Å²) in [4.78, 5) is 59.7. The van der Waals surface area contributed by atoms with Gasteiger partial charge in [0.1, 0.15) is 18.7 Å². The number of alkyl carbamates (subject to hydrolysis) is 1. The van der Waals surface area contributed by atoms with Crippen LogP contribution in [-0.4, -0.2) is 54.8 Å². The predicted molar refractivity (Wildman–Crippen MR) is 152 cm³/mol. The number of hydrogen-bond acceptors (Lipinski definition) is 6. The molecule has 40 heavy (non-hydrogen) atoms. The number of ketones is 1. The summed E-state index contributed by atoms with van der Waals surface area (Å²) in [5.41, 5.74) is 2.12. The highest BCUT2D eigenvalue weighted by atomic mass is 16.5. The van der Waals surface area contributed by atoms with Gasteiger partial charge in [0.2, 0.25) is 23.5 Å². The number of benzene rings is 2. The topological polar surface area (TPSA) is 143 Å². The third kappa shape index (κ3) is 14.9. The van der Waals surface area contributed by atoms with Gasteiger partial charge in [0, 0.05) is 13.5 Å². The van der Waals surface area contributed by atoms with Crippen molar-refractivity contribution in [2.24, 2.45) is 5.92 Å². The van der Waals surface area contributed by atoms with Crippen molar-refractivity contribution in [3.8, 4) is 12.3 Å². The summed E-state index contributed by atoms with van der Waals surface area (Å²) in [6, 6.07) is 17.3. The fourth-order valence-electron chi connectivity index (χ4n) is 3.24. The lowest BCUT2D eigenvalue weighted by Crippen LogP contribution is -2.53. The summed E-state index contributed by atoms with van der Waals surface area (Å²) in [6.07, 6.45) is 4.64. The lowest BCUT2D eigenvalue weighted by molar-refractivity contribution is -0.128. The SMILES string of the molecule is C#CC(=O)C(CNC(C)=O)NC(=O)CNC(=O)C(CC(C)C)NC(=O)OCc1ccccc1.Cc1ccccc1. The molecular formula is C30H38N4O6. The Balaban J connectivity index is 0.000000985.